The molecule has 11 nitrogen and oxygen atoms in total. The van der Waals surface area contributed by atoms with Crippen LogP contribution in [0.3, 0.4) is 0 Å². The Labute approximate surface area is 237 Å². The number of rotatable bonds is 6. The zero-order chi connectivity index (χ0) is 27.4. The highest BCUT2D eigenvalue weighted by Crippen LogP contribution is 2.19. The standard InChI is InChI=1S/C28H29N7O4.ClH/c29-24-11-18(27(38)34-19-6-1-16(2-7-19)25-30-12-21(36)13-31-25)5-10-23(24)28(39)35-20-8-3-17(4-9-20)26-32-14-22(37)15-33-26;/h1-11,21-22,36-37H,12-15,29H2,(H,30,31)(H,32,33)(H,34,38)(H,35,39);1H. The molecular weight excluding hydrogens is 534 g/mol. The lowest BCUT2D eigenvalue weighted by Gasteiger charge is -2.19. The van der Waals surface area contributed by atoms with Gasteiger partial charge in [0.05, 0.1) is 30.9 Å². The van der Waals surface area contributed by atoms with Crippen LogP contribution in [0.4, 0.5) is 17.1 Å². The maximum absolute atomic E-state index is 12.8. The number of halogens is 1. The van der Waals surface area contributed by atoms with E-state index in [1.807, 2.05) is 24.3 Å². The molecule has 2 amide bonds. The molecule has 208 valence electrons. The number of nitrogens with zero attached hydrogens (tertiary/aromatic N) is 2. The zero-order valence-corrected chi connectivity index (χ0v) is 22.2. The molecule has 2 aliphatic heterocycles. The third kappa shape index (κ3) is 6.75. The minimum atomic E-state index is -0.487. The van der Waals surface area contributed by atoms with E-state index in [1.54, 1.807) is 30.3 Å². The second-order valence-electron chi connectivity index (χ2n) is 9.31. The number of hydrogen-bond donors (Lipinski definition) is 7. The van der Waals surface area contributed by atoms with Crippen molar-refractivity contribution >= 4 is 53.0 Å². The summed E-state index contributed by atoms with van der Waals surface area (Å²) in [7, 11) is 0. The molecule has 2 aliphatic rings. The molecule has 2 unspecified atom stereocenters. The Morgan fingerprint density at radius 2 is 1.23 bits per heavy atom. The fraction of sp³-hybridized carbons (Fsp3) is 0.214. The van der Waals surface area contributed by atoms with Gasteiger partial charge in [0.2, 0.25) is 0 Å². The Morgan fingerprint density at radius 3 is 1.65 bits per heavy atom. The maximum atomic E-state index is 12.8. The van der Waals surface area contributed by atoms with E-state index in [4.69, 9.17) is 5.73 Å². The predicted octanol–water partition coefficient (Wildman–Crippen LogP) is 1.62. The number of amides is 2. The normalized spacial score (nSPS) is 18.1. The van der Waals surface area contributed by atoms with E-state index < -0.39 is 18.1 Å². The number of carbonyl (C=O) groups is 2. The van der Waals surface area contributed by atoms with Gasteiger partial charge in [-0.15, -0.1) is 12.4 Å². The Balaban J connectivity index is 0.00000370. The van der Waals surface area contributed by atoms with Gasteiger partial charge in [0.15, 0.2) is 0 Å². The van der Waals surface area contributed by atoms with E-state index in [2.05, 4.69) is 31.3 Å². The summed E-state index contributed by atoms with van der Waals surface area (Å²) in [5, 5.41) is 30.9. The Kier molecular flexibility index (Phi) is 9.00. The number of carbonyl (C=O) groups excluding carboxylic acids is 2. The van der Waals surface area contributed by atoms with Gasteiger partial charge in [0.25, 0.3) is 11.8 Å². The van der Waals surface area contributed by atoms with Crippen LogP contribution in [-0.2, 0) is 0 Å². The SMILES string of the molecule is Cl.Nc1cc(C(=O)Nc2ccc(C3=NCC(O)CN3)cc2)ccc1C(=O)Nc1ccc(C2=NCC(O)CN2)cc1. The second-order valence-corrected chi connectivity index (χ2v) is 9.31. The van der Waals surface area contributed by atoms with Crippen molar-refractivity contribution < 1.29 is 19.8 Å². The lowest BCUT2D eigenvalue weighted by atomic mass is 10.1. The number of nitrogens with two attached hydrogens (primary N) is 1. The number of nitrogens with one attached hydrogen (secondary N) is 4. The number of hydrogen-bond acceptors (Lipinski definition) is 9. The van der Waals surface area contributed by atoms with Crippen LogP contribution in [0.15, 0.2) is 76.7 Å². The fourth-order valence-corrected chi connectivity index (χ4v) is 4.19. The molecule has 2 atom stereocenters. The molecule has 0 fully saturated rings. The van der Waals surface area contributed by atoms with Gasteiger partial charge in [0.1, 0.15) is 11.7 Å². The highest BCUT2D eigenvalue weighted by atomic mass is 35.5. The number of benzene rings is 3. The van der Waals surface area contributed by atoms with Gasteiger partial charge in [0, 0.05) is 46.8 Å². The quantitative estimate of drug-likeness (QED) is 0.223. The highest BCUT2D eigenvalue weighted by Gasteiger charge is 2.17. The molecule has 0 saturated heterocycles. The first-order valence-electron chi connectivity index (χ1n) is 12.5. The molecule has 0 radical (unpaired) electrons. The molecular formula is C28H30ClN7O4. The fourth-order valence-electron chi connectivity index (χ4n) is 4.19. The van der Waals surface area contributed by atoms with Gasteiger partial charge in [-0.2, -0.15) is 0 Å². The summed E-state index contributed by atoms with van der Waals surface area (Å²) >= 11 is 0. The lowest BCUT2D eigenvalue weighted by molar-refractivity contribution is 0.101. The van der Waals surface area contributed by atoms with E-state index in [9.17, 15) is 19.8 Å². The van der Waals surface area contributed by atoms with Gasteiger partial charge < -0.3 is 37.2 Å². The maximum Gasteiger partial charge on any atom is 0.257 e. The van der Waals surface area contributed by atoms with Crippen molar-refractivity contribution in [1.29, 1.82) is 0 Å². The Hall–Kier alpha value is -4.45. The van der Waals surface area contributed by atoms with E-state index in [1.165, 1.54) is 12.1 Å². The molecule has 0 spiro atoms. The van der Waals surface area contributed by atoms with Crippen molar-refractivity contribution in [1.82, 2.24) is 10.6 Å². The Morgan fingerprint density at radius 1 is 0.750 bits per heavy atom. The van der Waals surface area contributed by atoms with Gasteiger partial charge in [-0.25, -0.2) is 0 Å². The molecule has 40 heavy (non-hydrogen) atoms. The monoisotopic (exact) mass is 563 g/mol. The molecule has 12 heteroatoms. The second kappa shape index (κ2) is 12.6. The third-order valence-corrected chi connectivity index (χ3v) is 6.32. The zero-order valence-electron chi connectivity index (χ0n) is 21.4. The van der Waals surface area contributed by atoms with Crippen LogP contribution in [0.5, 0.6) is 0 Å². The first kappa shape index (κ1) is 28.6. The predicted molar refractivity (Wildman–Crippen MR) is 158 cm³/mol. The first-order chi connectivity index (χ1) is 18.9. The minimum absolute atomic E-state index is 0. The number of amidine groups is 2. The van der Waals surface area contributed by atoms with Gasteiger partial charge in [-0.3, -0.25) is 19.6 Å². The summed E-state index contributed by atoms with van der Waals surface area (Å²) < 4.78 is 0. The highest BCUT2D eigenvalue weighted by molar-refractivity contribution is 6.10. The van der Waals surface area contributed by atoms with Crippen LogP contribution < -0.4 is 27.0 Å². The average molecular weight is 564 g/mol. The van der Waals surface area contributed by atoms with E-state index in [0.29, 0.717) is 54.8 Å². The molecule has 2 heterocycles. The minimum Gasteiger partial charge on any atom is -0.398 e. The number of nitrogen functional groups attached to an aromatic ring is 1. The van der Waals surface area contributed by atoms with Crippen LogP contribution in [0.25, 0.3) is 0 Å². The van der Waals surface area contributed by atoms with Crippen molar-refractivity contribution in [2.24, 2.45) is 9.98 Å². The number of β-amino-alcohol motifs (C(OH)–C–C–N with tert-alkyl or cyclic N) is 2. The summed E-state index contributed by atoms with van der Waals surface area (Å²) in [5.41, 5.74) is 9.75. The molecule has 5 rings (SSSR count). The smallest absolute Gasteiger partial charge is 0.257 e. The van der Waals surface area contributed by atoms with Crippen molar-refractivity contribution in [2.75, 3.05) is 42.5 Å². The number of aliphatic hydroxyl groups excluding tert-OH is 2. The Bertz CT molecular complexity index is 1440. The number of aliphatic hydroxyl groups is 2. The van der Waals surface area contributed by atoms with Crippen molar-refractivity contribution in [2.45, 2.75) is 12.2 Å². The molecule has 0 bridgehead atoms. The van der Waals surface area contributed by atoms with Crippen LogP contribution in [0.1, 0.15) is 31.8 Å². The van der Waals surface area contributed by atoms with Gasteiger partial charge in [-0.1, -0.05) is 0 Å². The summed E-state index contributed by atoms with van der Waals surface area (Å²) in [6, 6.07) is 18.9. The van der Waals surface area contributed by atoms with Crippen molar-refractivity contribution in [3.63, 3.8) is 0 Å². The number of aliphatic imine (C=N–C) groups is 2. The largest absolute Gasteiger partial charge is 0.398 e. The topological polar surface area (TPSA) is 173 Å². The van der Waals surface area contributed by atoms with Crippen LogP contribution in [0.2, 0.25) is 0 Å². The molecule has 0 aliphatic carbocycles. The van der Waals surface area contributed by atoms with Gasteiger partial charge >= 0.3 is 0 Å². The van der Waals surface area contributed by atoms with Crippen molar-refractivity contribution in [3.8, 4) is 0 Å². The number of anilines is 3. The van der Waals surface area contributed by atoms with Gasteiger partial charge in [-0.05, 0) is 66.7 Å². The summed E-state index contributed by atoms with van der Waals surface area (Å²) in [5.74, 6) is 0.640. The van der Waals surface area contributed by atoms with Crippen LogP contribution >= 0.6 is 12.4 Å². The van der Waals surface area contributed by atoms with Crippen molar-refractivity contribution in [3.05, 3.63) is 89.0 Å². The summed E-state index contributed by atoms with van der Waals surface area (Å²) in [4.78, 5) is 34.2. The molecule has 3 aromatic carbocycles. The van der Waals surface area contributed by atoms with Crippen LogP contribution in [0, 0.1) is 0 Å². The van der Waals surface area contributed by atoms with E-state index in [0.717, 1.165) is 11.1 Å². The van der Waals surface area contributed by atoms with E-state index in [-0.39, 0.29) is 29.6 Å². The van der Waals surface area contributed by atoms with Crippen LogP contribution in [-0.4, -0.2) is 72.1 Å². The molecule has 8 N–H and O–H groups in total. The molecule has 0 saturated carbocycles. The lowest BCUT2D eigenvalue weighted by Crippen LogP contribution is -2.39. The molecule has 3 aromatic rings. The summed E-state index contributed by atoms with van der Waals surface area (Å²) in [6.45, 7) is 1.58. The van der Waals surface area contributed by atoms with E-state index >= 15 is 0 Å². The first-order valence-corrected chi connectivity index (χ1v) is 12.5. The molecule has 0 aromatic heterocycles. The third-order valence-electron chi connectivity index (χ3n) is 6.32. The summed E-state index contributed by atoms with van der Waals surface area (Å²) in [6.07, 6.45) is -0.973. The average Bonchev–Trinajstić information content (AvgIpc) is 2.95.